The van der Waals surface area contributed by atoms with Crippen LogP contribution in [0, 0.1) is 0 Å². The van der Waals surface area contributed by atoms with Crippen molar-refractivity contribution in [3.05, 3.63) is 18.0 Å². The number of likely N-dealkylation sites (tertiary alicyclic amines) is 1. The van der Waals surface area contributed by atoms with Crippen molar-refractivity contribution in [1.82, 2.24) is 14.7 Å². The number of hydrogen-bond donors (Lipinski definition) is 1. The molecule has 0 aromatic carbocycles. The van der Waals surface area contributed by atoms with Gasteiger partial charge in [0, 0.05) is 31.7 Å². The van der Waals surface area contributed by atoms with Crippen molar-refractivity contribution in [2.45, 2.75) is 76.5 Å². The van der Waals surface area contributed by atoms with Crippen molar-refractivity contribution >= 4 is 0 Å². The molecule has 0 unspecified atom stereocenters. The second-order valence-electron chi connectivity index (χ2n) is 7.26. The monoisotopic (exact) mass is 291 g/mol. The molecule has 0 atom stereocenters. The summed E-state index contributed by atoms with van der Waals surface area (Å²) < 4.78 is 2.13. The molecule has 1 N–H and O–H groups in total. The van der Waals surface area contributed by atoms with E-state index in [1.54, 1.807) is 0 Å². The Hall–Kier alpha value is -0.870. The summed E-state index contributed by atoms with van der Waals surface area (Å²) in [6.07, 6.45) is 9.71. The fourth-order valence-electron chi connectivity index (χ4n) is 3.81. The SMILES string of the molecule is CC(C)N1CCC(O)(Cc2ccn(C3CCCC3)n2)CC1. The number of piperidine rings is 1. The summed E-state index contributed by atoms with van der Waals surface area (Å²) in [6, 6.07) is 3.28. The lowest BCUT2D eigenvalue weighted by molar-refractivity contribution is -0.0278. The smallest absolute Gasteiger partial charge is 0.0728 e. The average Bonchev–Trinajstić information content (AvgIpc) is 3.09. The minimum absolute atomic E-state index is 0.555. The highest BCUT2D eigenvalue weighted by atomic mass is 16.3. The van der Waals surface area contributed by atoms with Gasteiger partial charge < -0.3 is 10.0 Å². The van der Waals surface area contributed by atoms with E-state index in [0.717, 1.165) is 31.6 Å². The van der Waals surface area contributed by atoms with Crippen LogP contribution in [0.2, 0.25) is 0 Å². The molecule has 1 saturated heterocycles. The lowest BCUT2D eigenvalue weighted by Crippen LogP contribution is -2.47. The third kappa shape index (κ3) is 3.49. The molecule has 4 nitrogen and oxygen atoms in total. The van der Waals surface area contributed by atoms with E-state index in [-0.39, 0.29) is 0 Å². The maximum absolute atomic E-state index is 10.8. The Bertz CT molecular complexity index is 454. The van der Waals surface area contributed by atoms with Crippen LogP contribution in [0.15, 0.2) is 12.3 Å². The van der Waals surface area contributed by atoms with E-state index in [1.807, 2.05) is 0 Å². The van der Waals surface area contributed by atoms with Crippen molar-refractivity contribution in [3.8, 4) is 0 Å². The highest BCUT2D eigenvalue weighted by Gasteiger charge is 2.34. The van der Waals surface area contributed by atoms with Gasteiger partial charge in [-0.25, -0.2) is 0 Å². The molecule has 4 heteroatoms. The summed E-state index contributed by atoms with van der Waals surface area (Å²) in [7, 11) is 0. The van der Waals surface area contributed by atoms with Gasteiger partial charge in [0.1, 0.15) is 0 Å². The molecule has 2 fully saturated rings. The molecule has 118 valence electrons. The van der Waals surface area contributed by atoms with E-state index in [0.29, 0.717) is 18.5 Å². The van der Waals surface area contributed by atoms with Crippen molar-refractivity contribution in [2.24, 2.45) is 0 Å². The van der Waals surface area contributed by atoms with Crippen LogP contribution in [0.1, 0.15) is 64.1 Å². The van der Waals surface area contributed by atoms with E-state index >= 15 is 0 Å². The van der Waals surface area contributed by atoms with Crippen molar-refractivity contribution in [3.63, 3.8) is 0 Å². The molecule has 0 radical (unpaired) electrons. The topological polar surface area (TPSA) is 41.3 Å². The van der Waals surface area contributed by atoms with Gasteiger partial charge in [0.25, 0.3) is 0 Å². The van der Waals surface area contributed by atoms with Crippen LogP contribution in [0.5, 0.6) is 0 Å². The summed E-state index contributed by atoms with van der Waals surface area (Å²) >= 11 is 0. The molecule has 1 aromatic heterocycles. The van der Waals surface area contributed by atoms with E-state index in [1.165, 1.54) is 25.7 Å². The zero-order valence-electron chi connectivity index (χ0n) is 13.5. The molecular weight excluding hydrogens is 262 g/mol. The standard InChI is InChI=1S/C17H29N3O/c1-14(2)19-11-8-17(21,9-12-19)13-15-7-10-20(18-15)16-5-3-4-6-16/h7,10,14,16,21H,3-6,8-9,11-13H2,1-2H3. The van der Waals surface area contributed by atoms with Gasteiger partial charge in [0.05, 0.1) is 17.3 Å². The fourth-order valence-corrected chi connectivity index (χ4v) is 3.81. The van der Waals surface area contributed by atoms with Gasteiger partial charge in [-0.15, -0.1) is 0 Å². The van der Waals surface area contributed by atoms with Crippen LogP contribution in [0.4, 0.5) is 0 Å². The quantitative estimate of drug-likeness (QED) is 0.927. The van der Waals surface area contributed by atoms with Gasteiger partial charge in [-0.1, -0.05) is 12.8 Å². The molecular formula is C17H29N3O. The predicted molar refractivity (Wildman–Crippen MR) is 84.3 cm³/mol. The molecule has 3 rings (SSSR count). The molecule has 0 spiro atoms. The largest absolute Gasteiger partial charge is 0.389 e. The maximum atomic E-state index is 10.8. The van der Waals surface area contributed by atoms with Crippen LogP contribution in [-0.4, -0.2) is 44.5 Å². The maximum Gasteiger partial charge on any atom is 0.0728 e. The Morgan fingerprint density at radius 3 is 2.57 bits per heavy atom. The average molecular weight is 291 g/mol. The zero-order valence-corrected chi connectivity index (χ0v) is 13.5. The van der Waals surface area contributed by atoms with Gasteiger partial charge in [-0.05, 0) is 45.6 Å². The summed E-state index contributed by atoms with van der Waals surface area (Å²) in [4.78, 5) is 2.45. The third-order valence-corrected chi connectivity index (χ3v) is 5.33. The first-order valence-corrected chi connectivity index (χ1v) is 8.56. The molecule has 0 bridgehead atoms. The van der Waals surface area contributed by atoms with Gasteiger partial charge >= 0.3 is 0 Å². The first-order valence-electron chi connectivity index (χ1n) is 8.56. The van der Waals surface area contributed by atoms with Crippen LogP contribution in [0.3, 0.4) is 0 Å². The van der Waals surface area contributed by atoms with Gasteiger partial charge in [-0.2, -0.15) is 5.10 Å². The predicted octanol–water partition coefficient (Wildman–Crippen LogP) is 2.78. The van der Waals surface area contributed by atoms with E-state index in [2.05, 4.69) is 35.7 Å². The molecule has 1 aromatic rings. The molecule has 21 heavy (non-hydrogen) atoms. The van der Waals surface area contributed by atoms with Gasteiger partial charge in [-0.3, -0.25) is 4.68 Å². The van der Waals surface area contributed by atoms with Crippen LogP contribution < -0.4 is 0 Å². The van der Waals surface area contributed by atoms with Crippen molar-refractivity contribution in [2.75, 3.05) is 13.1 Å². The van der Waals surface area contributed by atoms with Crippen LogP contribution in [0.25, 0.3) is 0 Å². The number of hydrogen-bond acceptors (Lipinski definition) is 3. The number of aliphatic hydroxyl groups is 1. The van der Waals surface area contributed by atoms with Crippen LogP contribution in [-0.2, 0) is 6.42 Å². The van der Waals surface area contributed by atoms with Crippen molar-refractivity contribution < 1.29 is 5.11 Å². The highest BCUT2D eigenvalue weighted by molar-refractivity contribution is 5.06. The first kappa shape index (κ1) is 15.0. The number of aromatic nitrogens is 2. The van der Waals surface area contributed by atoms with Gasteiger partial charge in [0.2, 0.25) is 0 Å². The Morgan fingerprint density at radius 2 is 1.95 bits per heavy atom. The number of nitrogens with zero attached hydrogens (tertiary/aromatic N) is 3. The lowest BCUT2D eigenvalue weighted by atomic mass is 9.86. The molecule has 1 aliphatic heterocycles. The second-order valence-corrected chi connectivity index (χ2v) is 7.26. The molecule has 1 aliphatic carbocycles. The second kappa shape index (κ2) is 6.09. The summed E-state index contributed by atoms with van der Waals surface area (Å²) in [6.45, 7) is 6.45. The highest BCUT2D eigenvalue weighted by Crippen LogP contribution is 2.30. The minimum Gasteiger partial charge on any atom is -0.389 e. The Kier molecular flexibility index (Phi) is 4.36. The van der Waals surface area contributed by atoms with E-state index in [4.69, 9.17) is 5.10 Å². The number of rotatable bonds is 4. The molecule has 2 aliphatic rings. The molecule has 1 saturated carbocycles. The summed E-state index contributed by atoms with van der Waals surface area (Å²) in [5, 5.41) is 15.6. The lowest BCUT2D eigenvalue weighted by Gasteiger charge is -2.39. The Balaban J connectivity index is 1.58. The Labute approximate surface area is 128 Å². The Morgan fingerprint density at radius 1 is 1.29 bits per heavy atom. The molecule has 0 amide bonds. The summed E-state index contributed by atoms with van der Waals surface area (Å²) in [5.41, 5.74) is 0.502. The van der Waals surface area contributed by atoms with E-state index < -0.39 is 5.60 Å². The van der Waals surface area contributed by atoms with Crippen molar-refractivity contribution in [1.29, 1.82) is 0 Å². The molecule has 2 heterocycles. The van der Waals surface area contributed by atoms with E-state index in [9.17, 15) is 5.11 Å². The first-order chi connectivity index (χ1) is 10.1. The zero-order chi connectivity index (χ0) is 14.9. The minimum atomic E-state index is -0.555. The summed E-state index contributed by atoms with van der Waals surface area (Å²) in [5.74, 6) is 0. The third-order valence-electron chi connectivity index (χ3n) is 5.33. The van der Waals surface area contributed by atoms with Gasteiger partial charge in [0.15, 0.2) is 0 Å². The normalized spacial score (nSPS) is 24.0. The van der Waals surface area contributed by atoms with Crippen LogP contribution >= 0.6 is 0 Å². The fraction of sp³-hybridized carbons (Fsp3) is 0.824.